The number of furan rings is 1. The Kier molecular flexibility index (Phi) is 5.97. The summed E-state index contributed by atoms with van der Waals surface area (Å²) in [6.45, 7) is 0.551. The lowest BCUT2D eigenvalue weighted by Crippen LogP contribution is -2.12. The van der Waals surface area contributed by atoms with Crippen molar-refractivity contribution in [3.8, 4) is 11.6 Å². The number of nitrogens with zero attached hydrogens (tertiary/aromatic N) is 3. The van der Waals surface area contributed by atoms with Gasteiger partial charge in [-0.15, -0.1) is 10.2 Å². The molecule has 1 atom stereocenters. The van der Waals surface area contributed by atoms with E-state index in [0.717, 1.165) is 22.0 Å². The van der Waals surface area contributed by atoms with E-state index in [2.05, 4.69) is 27.3 Å². The van der Waals surface area contributed by atoms with Gasteiger partial charge in [0.05, 0.1) is 12.8 Å². The quantitative estimate of drug-likeness (QED) is 0.188. The molecule has 0 unspecified atom stereocenters. The summed E-state index contributed by atoms with van der Waals surface area (Å²) in [5.74, 6) is 1.26. The molecule has 6 rings (SSSR count). The predicted octanol–water partition coefficient (Wildman–Crippen LogP) is 6.78. The zero-order valence-electron chi connectivity index (χ0n) is 19.2. The summed E-state index contributed by atoms with van der Waals surface area (Å²) in [5.41, 5.74) is 3.61. The molecule has 0 radical (unpaired) electrons. The molecule has 0 amide bonds. The molecule has 0 aliphatic rings. The van der Waals surface area contributed by atoms with E-state index in [9.17, 15) is 4.79 Å². The molecule has 0 saturated heterocycles. The van der Waals surface area contributed by atoms with Crippen LogP contribution in [-0.2, 0) is 6.54 Å². The Balaban J connectivity index is 1.43. The van der Waals surface area contributed by atoms with Crippen molar-refractivity contribution in [3.05, 3.63) is 126 Å². The first-order chi connectivity index (χ1) is 17.8. The third-order valence-electron chi connectivity index (χ3n) is 6.06. The summed E-state index contributed by atoms with van der Waals surface area (Å²) in [4.78, 5) is 17.2. The number of thioether (sulfide) groups is 1. The van der Waals surface area contributed by atoms with Crippen LogP contribution in [0.4, 0.5) is 0 Å². The fraction of sp³-hybridized carbons (Fsp3) is 0.0690. The van der Waals surface area contributed by atoms with E-state index in [-0.39, 0.29) is 5.78 Å². The highest BCUT2D eigenvalue weighted by atomic mass is 32.2. The van der Waals surface area contributed by atoms with Crippen LogP contribution in [0, 0.1) is 0 Å². The van der Waals surface area contributed by atoms with Gasteiger partial charge < -0.3 is 9.40 Å². The second-order valence-corrected chi connectivity index (χ2v) is 9.45. The third kappa shape index (κ3) is 4.25. The van der Waals surface area contributed by atoms with Gasteiger partial charge in [-0.2, -0.15) is 0 Å². The fourth-order valence-electron chi connectivity index (χ4n) is 4.30. The van der Waals surface area contributed by atoms with Crippen molar-refractivity contribution in [2.75, 3.05) is 0 Å². The van der Waals surface area contributed by atoms with Crippen molar-refractivity contribution in [3.63, 3.8) is 0 Å². The van der Waals surface area contributed by atoms with Gasteiger partial charge in [0.15, 0.2) is 16.7 Å². The smallest absolute Gasteiger partial charge is 0.200 e. The summed E-state index contributed by atoms with van der Waals surface area (Å²) in [7, 11) is 0. The van der Waals surface area contributed by atoms with E-state index in [0.29, 0.717) is 28.8 Å². The van der Waals surface area contributed by atoms with Gasteiger partial charge in [0, 0.05) is 22.7 Å². The minimum absolute atomic E-state index is 0.0115. The van der Waals surface area contributed by atoms with E-state index >= 15 is 0 Å². The number of H-pyrrole nitrogens is 1. The molecule has 3 aromatic heterocycles. The molecular weight excluding hydrogens is 468 g/mol. The number of hydrogen-bond donors (Lipinski definition) is 1. The molecular formula is C29H22N4O2S. The van der Waals surface area contributed by atoms with Crippen LogP contribution in [0.1, 0.15) is 26.7 Å². The maximum absolute atomic E-state index is 14.0. The summed E-state index contributed by atoms with van der Waals surface area (Å²) in [6.07, 6.45) is 3.42. The first-order valence-corrected chi connectivity index (χ1v) is 12.5. The molecule has 3 aromatic carbocycles. The number of aromatic amines is 1. The van der Waals surface area contributed by atoms with Crippen molar-refractivity contribution < 1.29 is 9.21 Å². The number of aromatic nitrogens is 4. The highest BCUT2D eigenvalue weighted by Gasteiger charge is 2.29. The van der Waals surface area contributed by atoms with E-state index < -0.39 is 5.25 Å². The molecule has 36 heavy (non-hydrogen) atoms. The molecule has 6 nitrogen and oxygen atoms in total. The molecule has 0 bridgehead atoms. The highest BCUT2D eigenvalue weighted by molar-refractivity contribution is 8.00. The molecule has 1 N–H and O–H groups in total. The van der Waals surface area contributed by atoms with Crippen LogP contribution in [0.3, 0.4) is 0 Å². The van der Waals surface area contributed by atoms with Crippen molar-refractivity contribution in [1.29, 1.82) is 0 Å². The van der Waals surface area contributed by atoms with E-state index in [1.165, 1.54) is 11.8 Å². The van der Waals surface area contributed by atoms with Crippen LogP contribution in [0.5, 0.6) is 0 Å². The van der Waals surface area contributed by atoms with E-state index in [1.54, 1.807) is 12.5 Å². The van der Waals surface area contributed by atoms with E-state index in [1.807, 2.05) is 89.5 Å². The van der Waals surface area contributed by atoms with Crippen LogP contribution in [-0.4, -0.2) is 25.5 Å². The number of ketones is 1. The molecule has 6 aromatic rings. The first-order valence-electron chi connectivity index (χ1n) is 11.6. The largest absolute Gasteiger partial charge is 0.461 e. The molecule has 3 heterocycles. The number of hydrogen-bond acceptors (Lipinski definition) is 5. The zero-order valence-corrected chi connectivity index (χ0v) is 20.1. The maximum Gasteiger partial charge on any atom is 0.200 e. The molecule has 7 heteroatoms. The second kappa shape index (κ2) is 9.71. The number of fused-ring (bicyclic) bond motifs is 1. The molecule has 0 aliphatic heterocycles. The Hall–Kier alpha value is -4.36. The average molecular weight is 491 g/mol. The maximum atomic E-state index is 14.0. The van der Waals surface area contributed by atoms with Gasteiger partial charge >= 0.3 is 0 Å². The molecule has 0 fully saturated rings. The Morgan fingerprint density at radius 1 is 0.889 bits per heavy atom. The summed E-state index contributed by atoms with van der Waals surface area (Å²) in [6, 6.07) is 31.5. The average Bonchev–Trinajstić information content (AvgIpc) is 3.68. The number of carbonyl (C=O) groups excluding carboxylic acids is 1. The lowest BCUT2D eigenvalue weighted by molar-refractivity contribution is 0.0991. The van der Waals surface area contributed by atoms with E-state index in [4.69, 9.17) is 4.42 Å². The molecule has 0 aliphatic carbocycles. The topological polar surface area (TPSA) is 76.7 Å². The Morgan fingerprint density at radius 2 is 1.64 bits per heavy atom. The number of nitrogens with one attached hydrogen (secondary N) is 1. The van der Waals surface area contributed by atoms with Crippen LogP contribution in [0.25, 0.3) is 22.5 Å². The Bertz CT molecular complexity index is 1610. The van der Waals surface area contributed by atoms with Crippen molar-refractivity contribution >= 4 is 28.4 Å². The monoisotopic (exact) mass is 490 g/mol. The summed E-state index contributed by atoms with van der Waals surface area (Å²) >= 11 is 1.40. The molecule has 176 valence electrons. The first kappa shape index (κ1) is 22.1. The van der Waals surface area contributed by atoms with Crippen molar-refractivity contribution in [1.82, 2.24) is 19.7 Å². The number of benzene rings is 3. The van der Waals surface area contributed by atoms with Gasteiger partial charge in [0.2, 0.25) is 5.82 Å². The van der Waals surface area contributed by atoms with Crippen LogP contribution in [0.15, 0.2) is 119 Å². The Morgan fingerprint density at radius 3 is 2.42 bits per heavy atom. The zero-order chi connectivity index (χ0) is 24.3. The third-order valence-corrected chi connectivity index (χ3v) is 7.30. The number of rotatable bonds is 8. The van der Waals surface area contributed by atoms with Gasteiger partial charge in [-0.05, 0) is 29.3 Å². The van der Waals surface area contributed by atoms with Gasteiger partial charge in [0.1, 0.15) is 5.25 Å². The molecule has 0 saturated carbocycles. The second-order valence-electron chi connectivity index (χ2n) is 8.38. The Labute approximate surface area is 212 Å². The summed E-state index contributed by atoms with van der Waals surface area (Å²) < 4.78 is 7.66. The van der Waals surface area contributed by atoms with Gasteiger partial charge in [-0.3, -0.25) is 9.36 Å². The van der Waals surface area contributed by atoms with Crippen LogP contribution in [0.2, 0.25) is 0 Å². The minimum atomic E-state index is -0.506. The number of para-hydroxylation sites is 1. The van der Waals surface area contributed by atoms with Crippen LogP contribution < -0.4 is 0 Å². The SMILES string of the molecule is O=C(c1c[nH]c2ccccc12)[C@H](Sc1nnc(-c2ccco2)n1Cc1ccccc1)c1ccccc1. The molecule has 0 spiro atoms. The normalized spacial score (nSPS) is 12.1. The van der Waals surface area contributed by atoms with Crippen molar-refractivity contribution in [2.24, 2.45) is 0 Å². The predicted molar refractivity (Wildman–Crippen MR) is 141 cm³/mol. The highest BCUT2D eigenvalue weighted by Crippen LogP contribution is 2.39. The summed E-state index contributed by atoms with van der Waals surface area (Å²) in [5, 5.41) is 10.0. The van der Waals surface area contributed by atoms with Gasteiger partial charge in [0.25, 0.3) is 0 Å². The van der Waals surface area contributed by atoms with Crippen LogP contribution >= 0.6 is 11.8 Å². The number of carbonyl (C=O) groups is 1. The number of Topliss-reactive ketones (excluding diaryl/α,β-unsaturated/α-hetero) is 1. The standard InChI is InChI=1S/C29H22N4O2S/c34-26(23-18-30-24-15-8-7-14-22(23)24)27(21-12-5-2-6-13-21)36-29-32-31-28(25-16-9-17-35-25)33(29)19-20-10-3-1-4-11-20/h1-18,27,30H,19H2/t27-/m1/s1. The fourth-order valence-corrected chi connectivity index (χ4v) is 5.40. The lowest BCUT2D eigenvalue weighted by atomic mass is 10.0. The van der Waals surface area contributed by atoms with Crippen molar-refractivity contribution in [2.45, 2.75) is 17.0 Å². The van der Waals surface area contributed by atoms with Gasteiger partial charge in [-0.25, -0.2) is 0 Å². The lowest BCUT2D eigenvalue weighted by Gasteiger charge is -2.17. The minimum Gasteiger partial charge on any atom is -0.461 e. The van der Waals surface area contributed by atoms with Gasteiger partial charge in [-0.1, -0.05) is 90.6 Å².